The summed E-state index contributed by atoms with van der Waals surface area (Å²) in [7, 11) is 0. The van der Waals surface area contributed by atoms with Crippen molar-refractivity contribution in [2.24, 2.45) is 0 Å². The number of nitrogens with zero attached hydrogens (tertiary/aromatic N) is 3. The van der Waals surface area contributed by atoms with Crippen LogP contribution in [0.15, 0.2) is 76.9 Å². The number of rotatable bonds is 6. The van der Waals surface area contributed by atoms with Gasteiger partial charge in [0.25, 0.3) is 5.56 Å². The lowest BCUT2D eigenvalue weighted by Crippen LogP contribution is -2.23. The first kappa shape index (κ1) is 19.4. The minimum absolute atomic E-state index is 0.160. The summed E-state index contributed by atoms with van der Waals surface area (Å²) in [4.78, 5) is 18.9. The van der Waals surface area contributed by atoms with Gasteiger partial charge in [-0.05, 0) is 52.9 Å². The van der Waals surface area contributed by atoms with Crippen LogP contribution in [0, 0.1) is 0 Å². The number of aromatic nitrogens is 3. The Balaban J connectivity index is 1.33. The molecule has 31 heavy (non-hydrogen) atoms. The van der Waals surface area contributed by atoms with Crippen LogP contribution in [-0.4, -0.2) is 14.6 Å². The molecule has 0 atom stereocenters. The summed E-state index contributed by atoms with van der Waals surface area (Å²) in [6, 6.07) is 21.7. The van der Waals surface area contributed by atoms with Gasteiger partial charge in [-0.25, -0.2) is 0 Å². The summed E-state index contributed by atoms with van der Waals surface area (Å²) < 4.78 is 7.78. The first-order valence-corrected chi connectivity index (χ1v) is 11.3. The van der Waals surface area contributed by atoms with E-state index < -0.39 is 0 Å². The number of hydrogen-bond donors (Lipinski definition) is 0. The third-order valence-electron chi connectivity index (χ3n) is 4.56. The van der Waals surface area contributed by atoms with Crippen molar-refractivity contribution < 1.29 is 4.74 Å². The van der Waals surface area contributed by atoms with Gasteiger partial charge in [-0.3, -0.25) is 4.79 Å². The molecule has 0 aliphatic heterocycles. The summed E-state index contributed by atoms with van der Waals surface area (Å²) in [6.07, 6.45) is 5.62. The number of benzene rings is 2. The Kier molecular flexibility index (Phi) is 5.43. The maximum atomic E-state index is 12.7. The molecule has 0 spiro atoms. The molecule has 0 aliphatic carbocycles. The van der Waals surface area contributed by atoms with E-state index in [9.17, 15) is 4.79 Å². The zero-order chi connectivity index (χ0) is 21.0. The average Bonchev–Trinajstić information content (AvgIpc) is 3.52. The molecular weight excluding hydrogens is 426 g/mol. The zero-order valence-corrected chi connectivity index (χ0v) is 18.0. The maximum absolute atomic E-state index is 12.7. The molecular formula is C24H17N3O2S2. The SMILES string of the molecule is O=c1c(=Cc2ccc(OCc3ccccc3)cc2)sc2nc(C=Cc3cccs3)nn12. The van der Waals surface area contributed by atoms with E-state index in [2.05, 4.69) is 10.1 Å². The fraction of sp³-hybridized carbons (Fsp3) is 0.0417. The van der Waals surface area contributed by atoms with Crippen LogP contribution in [0.3, 0.4) is 0 Å². The Hall–Kier alpha value is -3.55. The normalized spacial score (nSPS) is 12.2. The first-order chi connectivity index (χ1) is 15.2. The van der Waals surface area contributed by atoms with Gasteiger partial charge in [0.05, 0.1) is 4.53 Å². The third kappa shape index (κ3) is 4.47. The van der Waals surface area contributed by atoms with Crippen molar-refractivity contribution in [2.75, 3.05) is 0 Å². The van der Waals surface area contributed by atoms with Crippen LogP contribution in [0.25, 0.3) is 23.2 Å². The first-order valence-electron chi connectivity index (χ1n) is 9.64. The van der Waals surface area contributed by atoms with Gasteiger partial charge in [0.2, 0.25) is 4.96 Å². The zero-order valence-electron chi connectivity index (χ0n) is 16.3. The van der Waals surface area contributed by atoms with Crippen molar-refractivity contribution >= 4 is 45.9 Å². The summed E-state index contributed by atoms with van der Waals surface area (Å²) in [5, 5.41) is 6.34. The lowest BCUT2D eigenvalue weighted by atomic mass is 10.2. The van der Waals surface area contributed by atoms with Crippen molar-refractivity contribution in [1.82, 2.24) is 14.6 Å². The second-order valence-corrected chi connectivity index (χ2v) is 8.76. The van der Waals surface area contributed by atoms with Crippen molar-refractivity contribution in [2.45, 2.75) is 6.61 Å². The minimum atomic E-state index is -0.160. The van der Waals surface area contributed by atoms with E-state index >= 15 is 0 Å². The highest BCUT2D eigenvalue weighted by Crippen LogP contribution is 2.15. The Morgan fingerprint density at radius 2 is 1.81 bits per heavy atom. The molecule has 0 saturated carbocycles. The minimum Gasteiger partial charge on any atom is -0.489 e. The number of fused-ring (bicyclic) bond motifs is 1. The lowest BCUT2D eigenvalue weighted by Gasteiger charge is -2.06. The molecule has 7 heteroatoms. The second kappa shape index (κ2) is 8.67. The Morgan fingerprint density at radius 3 is 2.55 bits per heavy atom. The van der Waals surface area contributed by atoms with E-state index in [1.165, 1.54) is 15.9 Å². The molecule has 0 N–H and O–H groups in total. The van der Waals surface area contributed by atoms with Crippen LogP contribution in [0.4, 0.5) is 0 Å². The van der Waals surface area contributed by atoms with Crippen LogP contribution in [0.5, 0.6) is 5.75 Å². The summed E-state index contributed by atoms with van der Waals surface area (Å²) >= 11 is 2.97. The predicted molar refractivity (Wildman–Crippen MR) is 126 cm³/mol. The fourth-order valence-corrected chi connectivity index (χ4v) is 4.55. The maximum Gasteiger partial charge on any atom is 0.291 e. The number of ether oxygens (including phenoxy) is 1. The molecule has 0 aliphatic rings. The van der Waals surface area contributed by atoms with E-state index in [0.29, 0.717) is 21.9 Å². The quantitative estimate of drug-likeness (QED) is 0.388. The Bertz CT molecular complexity index is 1430. The highest BCUT2D eigenvalue weighted by atomic mass is 32.1. The highest BCUT2D eigenvalue weighted by molar-refractivity contribution is 7.15. The number of thiophene rings is 1. The number of hydrogen-bond acceptors (Lipinski definition) is 6. The van der Waals surface area contributed by atoms with E-state index in [1.807, 2.05) is 90.3 Å². The van der Waals surface area contributed by atoms with Crippen molar-refractivity contribution in [3.63, 3.8) is 0 Å². The standard InChI is InChI=1S/C24H17N3O2S2/c28-23-21(31-24-25-22(26-27(23)24)13-12-20-7-4-14-30-20)15-17-8-10-19(11-9-17)29-16-18-5-2-1-3-6-18/h1-15H,16H2. The van der Waals surface area contributed by atoms with E-state index in [-0.39, 0.29) is 5.56 Å². The van der Waals surface area contributed by atoms with Crippen LogP contribution in [0.1, 0.15) is 21.8 Å². The van der Waals surface area contributed by atoms with Crippen LogP contribution in [0.2, 0.25) is 0 Å². The second-order valence-electron chi connectivity index (χ2n) is 6.77. The summed E-state index contributed by atoms with van der Waals surface area (Å²) in [5.74, 6) is 1.32. The lowest BCUT2D eigenvalue weighted by molar-refractivity contribution is 0.306. The topological polar surface area (TPSA) is 56.5 Å². The highest BCUT2D eigenvalue weighted by Gasteiger charge is 2.09. The van der Waals surface area contributed by atoms with Crippen LogP contribution in [-0.2, 0) is 6.61 Å². The molecule has 0 bridgehead atoms. The Morgan fingerprint density at radius 1 is 0.968 bits per heavy atom. The largest absolute Gasteiger partial charge is 0.489 e. The van der Waals surface area contributed by atoms with Crippen LogP contribution >= 0.6 is 22.7 Å². The van der Waals surface area contributed by atoms with E-state index in [4.69, 9.17) is 4.74 Å². The molecule has 0 saturated heterocycles. The molecule has 5 aromatic rings. The van der Waals surface area contributed by atoms with Crippen LogP contribution < -0.4 is 14.8 Å². The van der Waals surface area contributed by atoms with Gasteiger partial charge in [-0.15, -0.1) is 16.4 Å². The van der Waals surface area contributed by atoms with Gasteiger partial charge >= 0.3 is 0 Å². The van der Waals surface area contributed by atoms with Gasteiger partial charge in [0.15, 0.2) is 5.82 Å². The molecule has 0 radical (unpaired) electrons. The van der Waals surface area contributed by atoms with E-state index in [0.717, 1.165) is 21.8 Å². The van der Waals surface area contributed by atoms with Crippen molar-refractivity contribution in [3.05, 3.63) is 109 Å². The van der Waals surface area contributed by atoms with Gasteiger partial charge in [0.1, 0.15) is 12.4 Å². The molecule has 0 unspecified atom stereocenters. The van der Waals surface area contributed by atoms with Gasteiger partial charge in [-0.1, -0.05) is 59.9 Å². The average molecular weight is 444 g/mol. The van der Waals surface area contributed by atoms with Crippen molar-refractivity contribution in [3.8, 4) is 5.75 Å². The number of thiazole rings is 1. The smallest absolute Gasteiger partial charge is 0.291 e. The molecule has 152 valence electrons. The molecule has 5 rings (SSSR count). The summed E-state index contributed by atoms with van der Waals surface area (Å²) in [6.45, 7) is 0.520. The molecule has 5 nitrogen and oxygen atoms in total. The molecule has 0 fully saturated rings. The molecule has 3 aromatic heterocycles. The van der Waals surface area contributed by atoms with E-state index in [1.54, 1.807) is 11.3 Å². The predicted octanol–water partition coefficient (Wildman–Crippen LogP) is 4.51. The molecule has 0 amide bonds. The molecule has 3 heterocycles. The Labute approximate surface area is 186 Å². The van der Waals surface area contributed by atoms with Gasteiger partial charge in [0, 0.05) is 4.88 Å². The van der Waals surface area contributed by atoms with Gasteiger partial charge < -0.3 is 4.74 Å². The molecule has 2 aromatic carbocycles. The monoisotopic (exact) mass is 443 g/mol. The van der Waals surface area contributed by atoms with Gasteiger partial charge in [-0.2, -0.15) is 9.50 Å². The van der Waals surface area contributed by atoms with Crippen molar-refractivity contribution in [1.29, 1.82) is 0 Å². The fourth-order valence-electron chi connectivity index (χ4n) is 3.01. The third-order valence-corrected chi connectivity index (χ3v) is 6.36. The summed E-state index contributed by atoms with van der Waals surface area (Å²) in [5.41, 5.74) is 1.88.